The lowest BCUT2D eigenvalue weighted by Crippen LogP contribution is -2.37. The molecule has 0 amide bonds. The average Bonchev–Trinajstić information content (AvgIpc) is 2.47. The molecule has 0 radical (unpaired) electrons. The van der Waals surface area contributed by atoms with Crippen molar-refractivity contribution < 1.29 is 9.90 Å². The highest BCUT2D eigenvalue weighted by molar-refractivity contribution is 5.74. The maximum atomic E-state index is 10.9. The van der Waals surface area contributed by atoms with Crippen LogP contribution in [0.15, 0.2) is 24.3 Å². The maximum absolute atomic E-state index is 10.9. The van der Waals surface area contributed by atoms with Crippen LogP contribution < -0.4 is 4.90 Å². The van der Waals surface area contributed by atoms with E-state index in [4.69, 9.17) is 5.11 Å². The van der Waals surface area contributed by atoms with Gasteiger partial charge in [0.15, 0.2) is 0 Å². The number of aromatic nitrogens is 3. The SMILES string of the molecule is O=C(O)C1CCN(c2nnc3ccccc3n2)CC1. The summed E-state index contributed by atoms with van der Waals surface area (Å²) in [7, 11) is 0. The second kappa shape index (κ2) is 4.79. The normalized spacial score (nSPS) is 16.7. The van der Waals surface area contributed by atoms with E-state index >= 15 is 0 Å². The van der Waals surface area contributed by atoms with Gasteiger partial charge in [-0.3, -0.25) is 4.79 Å². The number of benzene rings is 1. The first-order chi connectivity index (χ1) is 9.24. The molecule has 6 heteroatoms. The second-order valence-corrected chi connectivity index (χ2v) is 4.70. The molecule has 1 aliphatic heterocycles. The van der Waals surface area contributed by atoms with Crippen molar-refractivity contribution in [3.63, 3.8) is 0 Å². The first kappa shape index (κ1) is 11.8. The Kier molecular flexibility index (Phi) is 2.98. The molecule has 0 bridgehead atoms. The highest BCUT2D eigenvalue weighted by Crippen LogP contribution is 2.21. The molecule has 0 aliphatic carbocycles. The third-order valence-electron chi connectivity index (χ3n) is 3.48. The fourth-order valence-electron chi connectivity index (χ4n) is 2.33. The Labute approximate surface area is 110 Å². The van der Waals surface area contributed by atoms with E-state index < -0.39 is 5.97 Å². The molecule has 1 N–H and O–H groups in total. The number of para-hydroxylation sites is 1. The van der Waals surface area contributed by atoms with Crippen molar-refractivity contribution in [1.29, 1.82) is 0 Å². The summed E-state index contributed by atoms with van der Waals surface area (Å²) in [5.74, 6) is -0.371. The molecule has 6 nitrogen and oxygen atoms in total. The minimum Gasteiger partial charge on any atom is -0.481 e. The van der Waals surface area contributed by atoms with Crippen LogP contribution in [-0.4, -0.2) is 39.3 Å². The first-order valence-electron chi connectivity index (χ1n) is 6.31. The van der Waals surface area contributed by atoms with Crippen LogP contribution in [0.25, 0.3) is 11.0 Å². The summed E-state index contributed by atoms with van der Waals surface area (Å²) >= 11 is 0. The van der Waals surface area contributed by atoms with Gasteiger partial charge in [0.05, 0.1) is 11.4 Å². The molecular formula is C13H14N4O2. The van der Waals surface area contributed by atoms with Crippen molar-refractivity contribution in [1.82, 2.24) is 15.2 Å². The molecule has 0 unspecified atom stereocenters. The summed E-state index contributed by atoms with van der Waals surface area (Å²) in [4.78, 5) is 17.4. The van der Waals surface area contributed by atoms with Gasteiger partial charge in [0.25, 0.3) is 0 Å². The monoisotopic (exact) mass is 258 g/mol. The minimum atomic E-state index is -0.711. The lowest BCUT2D eigenvalue weighted by Gasteiger charge is -2.29. The summed E-state index contributed by atoms with van der Waals surface area (Å²) in [6.07, 6.45) is 1.26. The number of hydrogen-bond acceptors (Lipinski definition) is 5. The number of aliphatic carboxylic acids is 1. The van der Waals surface area contributed by atoms with Gasteiger partial charge in [0, 0.05) is 13.1 Å². The molecule has 19 heavy (non-hydrogen) atoms. The van der Waals surface area contributed by atoms with Crippen molar-refractivity contribution in [3.05, 3.63) is 24.3 Å². The van der Waals surface area contributed by atoms with Crippen LogP contribution in [0, 0.1) is 5.92 Å². The smallest absolute Gasteiger partial charge is 0.306 e. The fraction of sp³-hybridized carbons (Fsp3) is 0.385. The molecule has 1 aromatic carbocycles. The van der Waals surface area contributed by atoms with Gasteiger partial charge in [-0.25, -0.2) is 4.98 Å². The Morgan fingerprint density at radius 1 is 1.16 bits per heavy atom. The van der Waals surface area contributed by atoms with Gasteiger partial charge < -0.3 is 10.0 Å². The van der Waals surface area contributed by atoms with E-state index in [1.807, 2.05) is 29.2 Å². The molecule has 1 aliphatic rings. The molecular weight excluding hydrogens is 244 g/mol. The molecule has 0 atom stereocenters. The molecule has 1 aromatic heterocycles. The number of rotatable bonds is 2. The summed E-state index contributed by atoms with van der Waals surface area (Å²) in [5.41, 5.74) is 1.58. The van der Waals surface area contributed by atoms with Gasteiger partial charge in [0.2, 0.25) is 5.95 Å². The van der Waals surface area contributed by atoms with Crippen LogP contribution in [0.5, 0.6) is 0 Å². The van der Waals surface area contributed by atoms with Crippen molar-refractivity contribution in [2.45, 2.75) is 12.8 Å². The highest BCUT2D eigenvalue weighted by Gasteiger charge is 2.25. The molecule has 0 saturated carbocycles. The number of carboxylic acids is 1. The maximum Gasteiger partial charge on any atom is 0.306 e. The molecule has 2 aromatic rings. The van der Waals surface area contributed by atoms with Crippen molar-refractivity contribution in [2.24, 2.45) is 5.92 Å². The highest BCUT2D eigenvalue weighted by atomic mass is 16.4. The predicted molar refractivity (Wildman–Crippen MR) is 69.9 cm³/mol. The van der Waals surface area contributed by atoms with Gasteiger partial charge in [0.1, 0.15) is 5.52 Å². The number of carbonyl (C=O) groups is 1. The number of anilines is 1. The van der Waals surface area contributed by atoms with Gasteiger partial charge in [-0.15, -0.1) is 10.2 Å². The standard InChI is InChI=1S/C13H14N4O2/c18-12(19)9-5-7-17(8-6-9)13-14-10-3-1-2-4-11(10)15-16-13/h1-4,9H,5-8H2,(H,18,19). The van der Waals surface area contributed by atoms with Crippen molar-refractivity contribution in [2.75, 3.05) is 18.0 Å². The largest absolute Gasteiger partial charge is 0.481 e. The first-order valence-corrected chi connectivity index (χ1v) is 6.31. The molecule has 2 heterocycles. The second-order valence-electron chi connectivity index (χ2n) is 4.70. The lowest BCUT2D eigenvalue weighted by molar-refractivity contribution is -0.142. The van der Waals surface area contributed by atoms with Crippen LogP contribution in [-0.2, 0) is 4.79 Å². The van der Waals surface area contributed by atoms with Crippen LogP contribution in [0.3, 0.4) is 0 Å². The Hall–Kier alpha value is -2.24. The molecule has 1 fully saturated rings. The number of piperidine rings is 1. The third kappa shape index (κ3) is 2.33. The predicted octanol–water partition coefficient (Wildman–Crippen LogP) is 1.33. The lowest BCUT2D eigenvalue weighted by atomic mass is 9.97. The van der Waals surface area contributed by atoms with Crippen LogP contribution in [0.1, 0.15) is 12.8 Å². The van der Waals surface area contributed by atoms with Crippen LogP contribution in [0.4, 0.5) is 5.95 Å². The third-order valence-corrected chi connectivity index (χ3v) is 3.48. The van der Waals surface area contributed by atoms with E-state index in [-0.39, 0.29) is 5.92 Å². The van der Waals surface area contributed by atoms with Crippen molar-refractivity contribution >= 4 is 23.0 Å². The molecule has 98 valence electrons. The van der Waals surface area contributed by atoms with Crippen LogP contribution >= 0.6 is 0 Å². The zero-order valence-electron chi connectivity index (χ0n) is 10.4. The van der Waals surface area contributed by atoms with Crippen molar-refractivity contribution in [3.8, 4) is 0 Å². The van der Waals surface area contributed by atoms with E-state index in [0.29, 0.717) is 31.9 Å². The van der Waals surface area contributed by atoms with Gasteiger partial charge in [-0.1, -0.05) is 12.1 Å². The van der Waals surface area contributed by atoms with Gasteiger partial charge in [-0.05, 0) is 25.0 Å². The zero-order chi connectivity index (χ0) is 13.2. The zero-order valence-corrected chi connectivity index (χ0v) is 10.4. The minimum absolute atomic E-state index is 0.246. The number of nitrogens with zero attached hydrogens (tertiary/aromatic N) is 4. The van der Waals surface area contributed by atoms with Gasteiger partial charge >= 0.3 is 5.97 Å². The Bertz CT molecular complexity index is 608. The summed E-state index contributed by atoms with van der Waals surface area (Å²) < 4.78 is 0. The van der Waals surface area contributed by atoms with Gasteiger partial charge in [-0.2, -0.15) is 0 Å². The fourth-order valence-corrected chi connectivity index (χ4v) is 2.33. The number of hydrogen-bond donors (Lipinski definition) is 1. The number of fused-ring (bicyclic) bond motifs is 1. The van der Waals surface area contributed by atoms with E-state index in [0.717, 1.165) is 11.0 Å². The number of carboxylic acid groups (broad SMARTS) is 1. The Morgan fingerprint density at radius 3 is 2.53 bits per heavy atom. The van der Waals surface area contributed by atoms with Crippen LogP contribution in [0.2, 0.25) is 0 Å². The summed E-state index contributed by atoms with van der Waals surface area (Å²) in [6, 6.07) is 7.58. The van der Waals surface area contributed by atoms with E-state index in [1.54, 1.807) is 0 Å². The Balaban J connectivity index is 1.80. The summed E-state index contributed by atoms with van der Waals surface area (Å²) in [6.45, 7) is 1.33. The average molecular weight is 258 g/mol. The van der Waals surface area contributed by atoms with E-state index in [1.165, 1.54) is 0 Å². The topological polar surface area (TPSA) is 79.2 Å². The van der Waals surface area contributed by atoms with E-state index in [2.05, 4.69) is 15.2 Å². The van der Waals surface area contributed by atoms with E-state index in [9.17, 15) is 4.79 Å². The molecule has 1 saturated heterocycles. The summed E-state index contributed by atoms with van der Waals surface area (Å²) in [5, 5.41) is 17.2. The quantitative estimate of drug-likeness (QED) is 0.875. The Morgan fingerprint density at radius 2 is 1.84 bits per heavy atom. The molecule has 3 rings (SSSR count). The molecule has 0 spiro atoms.